The van der Waals surface area contributed by atoms with Crippen LogP contribution in [0.1, 0.15) is 25.0 Å². The van der Waals surface area contributed by atoms with Crippen LogP contribution in [0.25, 0.3) is 0 Å². The summed E-state index contributed by atoms with van der Waals surface area (Å²) in [6, 6.07) is 16.1. The first-order valence-electron chi connectivity index (χ1n) is 6.58. The Kier molecular flexibility index (Phi) is 4.45. The summed E-state index contributed by atoms with van der Waals surface area (Å²) in [5.74, 6) is 1.71. The maximum atomic E-state index is 5.82. The second-order valence-electron chi connectivity index (χ2n) is 4.92. The lowest BCUT2D eigenvalue weighted by Gasteiger charge is -2.13. The maximum absolute atomic E-state index is 5.82. The lowest BCUT2D eigenvalue weighted by molar-refractivity contribution is 0.239. The number of hydrogen-bond donors (Lipinski definition) is 0. The fraction of sp³-hybridized carbons (Fsp3) is 0.294. The van der Waals surface area contributed by atoms with Crippen LogP contribution in [-0.4, -0.2) is 6.10 Å². The van der Waals surface area contributed by atoms with E-state index in [0.29, 0.717) is 6.61 Å². The van der Waals surface area contributed by atoms with Crippen LogP contribution in [0, 0.1) is 6.92 Å². The molecule has 0 saturated heterocycles. The fourth-order valence-electron chi connectivity index (χ4n) is 1.88. The number of ether oxygens (including phenoxy) is 2. The summed E-state index contributed by atoms with van der Waals surface area (Å²) in [5, 5.41) is 0. The lowest BCUT2D eigenvalue weighted by atomic mass is 10.2. The zero-order valence-electron chi connectivity index (χ0n) is 11.7. The van der Waals surface area contributed by atoms with Crippen molar-refractivity contribution < 1.29 is 9.47 Å². The van der Waals surface area contributed by atoms with Crippen molar-refractivity contribution in [3.05, 3.63) is 59.7 Å². The molecule has 0 amide bonds. The Labute approximate surface area is 115 Å². The summed E-state index contributed by atoms with van der Waals surface area (Å²) in [6.45, 7) is 6.66. The number of aryl methyl sites for hydroxylation is 1. The van der Waals surface area contributed by atoms with Gasteiger partial charge in [0.15, 0.2) is 0 Å². The van der Waals surface area contributed by atoms with Gasteiger partial charge in [-0.2, -0.15) is 0 Å². The zero-order valence-corrected chi connectivity index (χ0v) is 11.7. The Morgan fingerprint density at radius 1 is 0.947 bits per heavy atom. The standard InChI is InChI=1S/C17H20O2/c1-13(2)19-17-10-14(3)9-16(11-17)18-12-15-7-5-4-6-8-15/h4-11,13H,12H2,1-3H3. The van der Waals surface area contributed by atoms with Crippen LogP contribution in [0.2, 0.25) is 0 Å². The van der Waals surface area contributed by atoms with Crippen molar-refractivity contribution in [3.8, 4) is 11.5 Å². The molecule has 0 aliphatic rings. The average Bonchev–Trinajstić information content (AvgIpc) is 2.36. The Bertz CT molecular complexity index is 518. The number of hydrogen-bond acceptors (Lipinski definition) is 2. The Hall–Kier alpha value is -1.96. The van der Waals surface area contributed by atoms with Gasteiger partial charge in [-0.25, -0.2) is 0 Å². The first-order valence-corrected chi connectivity index (χ1v) is 6.58. The highest BCUT2D eigenvalue weighted by atomic mass is 16.5. The van der Waals surface area contributed by atoms with Crippen LogP contribution in [0.15, 0.2) is 48.5 Å². The van der Waals surface area contributed by atoms with E-state index in [4.69, 9.17) is 9.47 Å². The molecule has 0 bridgehead atoms. The van der Waals surface area contributed by atoms with E-state index in [-0.39, 0.29) is 6.10 Å². The summed E-state index contributed by atoms with van der Waals surface area (Å²) >= 11 is 0. The van der Waals surface area contributed by atoms with Gasteiger partial charge in [0.1, 0.15) is 18.1 Å². The molecule has 2 rings (SSSR count). The maximum Gasteiger partial charge on any atom is 0.123 e. The zero-order chi connectivity index (χ0) is 13.7. The molecular weight excluding hydrogens is 236 g/mol. The third-order valence-corrected chi connectivity index (χ3v) is 2.64. The summed E-state index contributed by atoms with van der Waals surface area (Å²) in [4.78, 5) is 0. The van der Waals surface area contributed by atoms with E-state index in [2.05, 4.69) is 12.1 Å². The molecule has 0 aromatic heterocycles. The van der Waals surface area contributed by atoms with Crippen LogP contribution in [-0.2, 0) is 6.61 Å². The van der Waals surface area contributed by atoms with Gasteiger partial charge in [-0.3, -0.25) is 0 Å². The quantitative estimate of drug-likeness (QED) is 0.791. The lowest BCUT2D eigenvalue weighted by Crippen LogP contribution is -2.06. The second-order valence-corrected chi connectivity index (χ2v) is 4.92. The highest BCUT2D eigenvalue weighted by Gasteiger charge is 2.03. The minimum atomic E-state index is 0.170. The molecule has 0 spiro atoms. The molecule has 2 aromatic carbocycles. The van der Waals surface area contributed by atoms with Gasteiger partial charge in [-0.05, 0) is 44.0 Å². The minimum Gasteiger partial charge on any atom is -0.491 e. The average molecular weight is 256 g/mol. The molecule has 0 aliphatic heterocycles. The second kappa shape index (κ2) is 6.28. The van der Waals surface area contributed by atoms with E-state index in [1.807, 2.05) is 57.2 Å². The van der Waals surface area contributed by atoms with Gasteiger partial charge >= 0.3 is 0 Å². The number of benzene rings is 2. The van der Waals surface area contributed by atoms with Gasteiger partial charge in [-0.1, -0.05) is 30.3 Å². The van der Waals surface area contributed by atoms with Crippen molar-refractivity contribution in [2.45, 2.75) is 33.5 Å². The SMILES string of the molecule is Cc1cc(OCc2ccccc2)cc(OC(C)C)c1. The van der Waals surface area contributed by atoms with Crippen LogP contribution in [0.3, 0.4) is 0 Å². The Morgan fingerprint density at radius 3 is 2.32 bits per heavy atom. The van der Waals surface area contributed by atoms with Crippen LogP contribution in [0.4, 0.5) is 0 Å². The minimum absolute atomic E-state index is 0.170. The molecule has 19 heavy (non-hydrogen) atoms. The van der Waals surface area contributed by atoms with E-state index in [1.165, 1.54) is 0 Å². The predicted molar refractivity (Wildman–Crippen MR) is 77.7 cm³/mol. The monoisotopic (exact) mass is 256 g/mol. The third kappa shape index (κ3) is 4.32. The fourth-order valence-corrected chi connectivity index (χ4v) is 1.88. The number of rotatable bonds is 5. The molecule has 0 saturated carbocycles. The van der Waals surface area contributed by atoms with Crippen LogP contribution < -0.4 is 9.47 Å². The Morgan fingerprint density at radius 2 is 1.63 bits per heavy atom. The molecule has 0 radical (unpaired) electrons. The summed E-state index contributed by atoms with van der Waals surface area (Å²) in [5.41, 5.74) is 2.30. The van der Waals surface area contributed by atoms with Crippen molar-refractivity contribution in [1.82, 2.24) is 0 Å². The van der Waals surface area contributed by atoms with Crippen LogP contribution in [0.5, 0.6) is 11.5 Å². The van der Waals surface area contributed by atoms with Gasteiger partial charge in [0.2, 0.25) is 0 Å². The van der Waals surface area contributed by atoms with Gasteiger partial charge in [0.05, 0.1) is 6.10 Å². The third-order valence-electron chi connectivity index (χ3n) is 2.64. The predicted octanol–water partition coefficient (Wildman–Crippen LogP) is 4.36. The van der Waals surface area contributed by atoms with Crippen molar-refractivity contribution >= 4 is 0 Å². The molecule has 100 valence electrons. The van der Waals surface area contributed by atoms with Crippen molar-refractivity contribution in [2.24, 2.45) is 0 Å². The largest absolute Gasteiger partial charge is 0.491 e. The highest BCUT2D eigenvalue weighted by molar-refractivity contribution is 5.38. The van der Waals surface area contributed by atoms with E-state index < -0.39 is 0 Å². The molecule has 2 aromatic rings. The first-order chi connectivity index (χ1) is 9.13. The van der Waals surface area contributed by atoms with Gasteiger partial charge in [0, 0.05) is 6.07 Å². The summed E-state index contributed by atoms with van der Waals surface area (Å²) in [6.07, 6.45) is 0.170. The molecule has 2 heteroatoms. The summed E-state index contributed by atoms with van der Waals surface area (Å²) < 4.78 is 11.5. The van der Waals surface area contributed by atoms with E-state index in [1.54, 1.807) is 0 Å². The molecule has 0 heterocycles. The van der Waals surface area contributed by atoms with Crippen molar-refractivity contribution in [3.63, 3.8) is 0 Å². The highest BCUT2D eigenvalue weighted by Crippen LogP contribution is 2.24. The normalized spacial score (nSPS) is 10.5. The topological polar surface area (TPSA) is 18.5 Å². The molecule has 0 unspecified atom stereocenters. The van der Waals surface area contributed by atoms with E-state index >= 15 is 0 Å². The molecule has 0 atom stereocenters. The van der Waals surface area contributed by atoms with Gasteiger partial charge in [0.25, 0.3) is 0 Å². The van der Waals surface area contributed by atoms with Crippen molar-refractivity contribution in [1.29, 1.82) is 0 Å². The molecule has 0 aliphatic carbocycles. The van der Waals surface area contributed by atoms with Gasteiger partial charge in [-0.15, -0.1) is 0 Å². The van der Waals surface area contributed by atoms with Crippen LogP contribution >= 0.6 is 0 Å². The summed E-state index contributed by atoms with van der Waals surface area (Å²) in [7, 11) is 0. The Balaban J connectivity index is 2.05. The van der Waals surface area contributed by atoms with Gasteiger partial charge < -0.3 is 9.47 Å². The first kappa shape index (κ1) is 13.5. The molecule has 0 N–H and O–H groups in total. The molecule has 2 nitrogen and oxygen atoms in total. The van der Waals surface area contributed by atoms with E-state index in [9.17, 15) is 0 Å². The van der Waals surface area contributed by atoms with E-state index in [0.717, 1.165) is 22.6 Å². The molecule has 0 fully saturated rings. The molecular formula is C17H20O2. The smallest absolute Gasteiger partial charge is 0.123 e. The van der Waals surface area contributed by atoms with Crippen molar-refractivity contribution in [2.75, 3.05) is 0 Å².